The minimum atomic E-state index is -0.926. The molecule has 4 atom stereocenters. The van der Waals surface area contributed by atoms with Crippen molar-refractivity contribution in [2.75, 3.05) is 31.2 Å². The molecule has 1 aliphatic carbocycles. The van der Waals surface area contributed by atoms with Crippen LogP contribution < -0.4 is 10.2 Å². The largest absolute Gasteiger partial charge is 0.480 e. The number of benzene rings is 1. The number of ether oxygens (including phenoxy) is 1. The molecule has 3 aliphatic rings. The lowest BCUT2D eigenvalue weighted by Gasteiger charge is -2.36. The van der Waals surface area contributed by atoms with E-state index in [-0.39, 0.29) is 35.2 Å². The van der Waals surface area contributed by atoms with Crippen molar-refractivity contribution in [2.24, 2.45) is 17.3 Å². The summed E-state index contributed by atoms with van der Waals surface area (Å²) in [5, 5.41) is 14.5. The van der Waals surface area contributed by atoms with E-state index in [0.29, 0.717) is 19.8 Å². The number of anilines is 1. The lowest BCUT2D eigenvalue weighted by atomic mass is 9.72. The lowest BCUT2D eigenvalue weighted by molar-refractivity contribution is -0.154. The number of nitrogens with zero attached hydrogens (tertiary/aromatic N) is 3. The molecule has 0 unspecified atom stereocenters. The number of likely N-dealkylation sites (tertiary alicyclic amines) is 1. The van der Waals surface area contributed by atoms with Crippen molar-refractivity contribution in [3.8, 4) is 0 Å². The number of hydrogen-bond donors (Lipinski definition) is 2. The number of carboxylic acid groups (broad SMARTS) is 1. The summed E-state index contributed by atoms with van der Waals surface area (Å²) in [4.78, 5) is 36.0. The summed E-state index contributed by atoms with van der Waals surface area (Å²) in [5.74, 6) is -0.414. The van der Waals surface area contributed by atoms with Crippen molar-refractivity contribution in [3.05, 3.63) is 59.8 Å². The number of nitrogens with one attached hydrogen (secondary N) is 1. The van der Waals surface area contributed by atoms with Gasteiger partial charge >= 0.3 is 5.97 Å². The molecule has 0 spiro atoms. The molecule has 8 heteroatoms. The summed E-state index contributed by atoms with van der Waals surface area (Å²) >= 11 is 0. The molecule has 1 amide bonds. The average molecular weight is 549 g/mol. The molecule has 3 heterocycles. The van der Waals surface area contributed by atoms with Gasteiger partial charge in [0.25, 0.3) is 0 Å². The molecular weight excluding hydrogens is 504 g/mol. The van der Waals surface area contributed by atoms with E-state index >= 15 is 0 Å². The molecule has 0 bridgehead atoms. The lowest BCUT2D eigenvalue weighted by Crippen LogP contribution is -2.49. The maximum atomic E-state index is 14.3. The predicted octanol–water partition coefficient (Wildman–Crippen LogP) is 4.66. The smallest absolute Gasteiger partial charge is 0.326 e. The molecule has 1 aromatic heterocycles. The number of rotatable bonds is 7. The van der Waals surface area contributed by atoms with E-state index < -0.39 is 12.0 Å². The Labute approximate surface area is 238 Å². The van der Waals surface area contributed by atoms with Crippen molar-refractivity contribution in [2.45, 2.75) is 77.5 Å². The van der Waals surface area contributed by atoms with Crippen molar-refractivity contribution in [1.29, 1.82) is 0 Å². The molecule has 1 saturated carbocycles. The first-order valence-corrected chi connectivity index (χ1v) is 14.9. The van der Waals surface area contributed by atoms with E-state index in [0.717, 1.165) is 62.1 Å². The molecule has 2 aliphatic heterocycles. The van der Waals surface area contributed by atoms with Gasteiger partial charge in [0.15, 0.2) is 0 Å². The highest BCUT2D eigenvalue weighted by Crippen LogP contribution is 2.49. The number of carboxylic acids is 1. The molecule has 216 valence electrons. The Morgan fingerprint density at radius 3 is 2.38 bits per heavy atom. The monoisotopic (exact) mass is 548 g/mol. The Morgan fingerprint density at radius 2 is 1.73 bits per heavy atom. The van der Waals surface area contributed by atoms with Gasteiger partial charge in [0.1, 0.15) is 11.9 Å². The van der Waals surface area contributed by atoms with Crippen LogP contribution in [0.2, 0.25) is 0 Å². The molecule has 5 rings (SSSR count). The Balaban J connectivity index is 1.54. The summed E-state index contributed by atoms with van der Waals surface area (Å²) in [6.45, 7) is 9.75. The minimum Gasteiger partial charge on any atom is -0.480 e. The normalized spacial score (nSPS) is 26.2. The van der Waals surface area contributed by atoms with E-state index in [4.69, 9.17) is 9.72 Å². The van der Waals surface area contributed by atoms with E-state index in [1.54, 1.807) is 4.90 Å². The molecular formula is C32H44N4O4. The number of carbonyl (C=O) groups is 2. The fourth-order valence-electron chi connectivity index (χ4n) is 7.14. The highest BCUT2D eigenvalue weighted by molar-refractivity contribution is 5.87. The number of morpholine rings is 1. The van der Waals surface area contributed by atoms with Gasteiger partial charge in [-0.2, -0.15) is 0 Å². The number of pyridine rings is 1. The van der Waals surface area contributed by atoms with Crippen LogP contribution in [0.5, 0.6) is 0 Å². The SMILES string of the molecule is CC(C)(C)[C@@H]1[C@@H](NCc2cccnc2N2CCOCC2)[C@@H](c2ccccc2)N(C(=O)C2CCCCC2)[C@H]1C(=O)O. The second-order valence-corrected chi connectivity index (χ2v) is 12.6. The number of aromatic nitrogens is 1. The zero-order valence-electron chi connectivity index (χ0n) is 24.1. The predicted molar refractivity (Wildman–Crippen MR) is 155 cm³/mol. The van der Waals surface area contributed by atoms with Gasteiger partial charge in [0.2, 0.25) is 5.91 Å². The highest BCUT2D eigenvalue weighted by atomic mass is 16.5. The van der Waals surface area contributed by atoms with Crippen LogP contribution in [0.25, 0.3) is 0 Å². The van der Waals surface area contributed by atoms with Gasteiger partial charge in [0.05, 0.1) is 19.3 Å². The van der Waals surface area contributed by atoms with Crippen LogP contribution in [0.1, 0.15) is 70.0 Å². The fraction of sp³-hybridized carbons (Fsp3) is 0.594. The number of aliphatic carboxylic acids is 1. The van der Waals surface area contributed by atoms with Gasteiger partial charge in [0, 0.05) is 49.3 Å². The second-order valence-electron chi connectivity index (χ2n) is 12.6. The molecule has 1 aromatic carbocycles. The maximum absolute atomic E-state index is 14.3. The minimum absolute atomic E-state index is 0.00473. The van der Waals surface area contributed by atoms with Crippen LogP contribution in [-0.2, 0) is 20.9 Å². The van der Waals surface area contributed by atoms with E-state index in [9.17, 15) is 14.7 Å². The number of carbonyl (C=O) groups excluding carboxylic acids is 1. The van der Waals surface area contributed by atoms with Gasteiger partial charge < -0.3 is 25.0 Å². The zero-order chi connectivity index (χ0) is 28.3. The molecule has 2 aromatic rings. The first-order chi connectivity index (χ1) is 19.3. The quantitative estimate of drug-likeness (QED) is 0.520. The summed E-state index contributed by atoms with van der Waals surface area (Å²) in [6.07, 6.45) is 6.67. The molecule has 8 nitrogen and oxygen atoms in total. The van der Waals surface area contributed by atoms with Gasteiger partial charge in [-0.3, -0.25) is 4.79 Å². The summed E-state index contributed by atoms with van der Waals surface area (Å²) in [6, 6.07) is 12.5. The maximum Gasteiger partial charge on any atom is 0.326 e. The van der Waals surface area contributed by atoms with Crippen molar-refractivity contribution in [3.63, 3.8) is 0 Å². The molecule has 2 N–H and O–H groups in total. The third kappa shape index (κ3) is 5.88. The van der Waals surface area contributed by atoms with Gasteiger partial charge in [-0.1, -0.05) is 76.4 Å². The summed E-state index contributed by atoms with van der Waals surface area (Å²) in [5.41, 5.74) is 1.67. The third-order valence-electron chi connectivity index (χ3n) is 8.98. The van der Waals surface area contributed by atoms with E-state index in [1.165, 1.54) is 0 Å². The van der Waals surface area contributed by atoms with Crippen LogP contribution in [0, 0.1) is 17.3 Å². The van der Waals surface area contributed by atoms with Crippen LogP contribution in [0.15, 0.2) is 48.7 Å². The van der Waals surface area contributed by atoms with E-state index in [1.807, 2.05) is 42.6 Å². The highest BCUT2D eigenvalue weighted by Gasteiger charge is 2.58. The van der Waals surface area contributed by atoms with Gasteiger partial charge in [-0.15, -0.1) is 0 Å². The van der Waals surface area contributed by atoms with E-state index in [2.05, 4.69) is 37.1 Å². The fourth-order valence-corrected chi connectivity index (χ4v) is 7.14. The Bertz CT molecular complexity index is 1160. The average Bonchev–Trinajstić information content (AvgIpc) is 3.33. The summed E-state index contributed by atoms with van der Waals surface area (Å²) < 4.78 is 5.56. The summed E-state index contributed by atoms with van der Waals surface area (Å²) in [7, 11) is 0. The topological polar surface area (TPSA) is 95.0 Å². The van der Waals surface area contributed by atoms with Gasteiger partial charge in [-0.25, -0.2) is 9.78 Å². The molecule has 40 heavy (non-hydrogen) atoms. The molecule has 2 saturated heterocycles. The zero-order valence-corrected chi connectivity index (χ0v) is 24.1. The van der Waals surface area contributed by atoms with Crippen LogP contribution in [0.3, 0.4) is 0 Å². The third-order valence-corrected chi connectivity index (χ3v) is 8.98. The Hall–Kier alpha value is -2.97. The van der Waals surface area contributed by atoms with Crippen LogP contribution in [-0.4, -0.2) is 65.3 Å². The standard InChI is InChI=1S/C32H44N4O4/c1-32(2,3)25-26(34-21-24-15-10-16-33-29(24)35-17-19-40-20-18-35)27(22-11-6-4-7-12-22)36(28(25)31(38)39)30(37)23-13-8-5-9-14-23/h4,6-7,10-12,15-16,23,25-28,34H,5,8-9,13-14,17-21H2,1-3H3,(H,38,39)/t25-,26-,27-,28-/m1/s1. The van der Waals surface area contributed by atoms with Gasteiger partial charge in [-0.05, 0) is 29.9 Å². The Kier molecular flexibility index (Phi) is 8.76. The number of amides is 1. The number of hydrogen-bond acceptors (Lipinski definition) is 6. The molecule has 0 radical (unpaired) electrons. The van der Waals surface area contributed by atoms with Crippen molar-refractivity contribution < 1.29 is 19.4 Å². The van der Waals surface area contributed by atoms with Crippen LogP contribution >= 0.6 is 0 Å². The second kappa shape index (κ2) is 12.3. The molecule has 3 fully saturated rings. The van der Waals surface area contributed by atoms with Crippen molar-refractivity contribution in [1.82, 2.24) is 15.2 Å². The Morgan fingerprint density at radius 1 is 1.02 bits per heavy atom. The van der Waals surface area contributed by atoms with Crippen LogP contribution in [0.4, 0.5) is 5.82 Å². The first-order valence-electron chi connectivity index (χ1n) is 14.9. The van der Waals surface area contributed by atoms with Crippen molar-refractivity contribution >= 4 is 17.7 Å². The first kappa shape index (κ1) is 28.6.